The number of imidazole rings is 1. The molecule has 2 atom stereocenters. The highest BCUT2D eigenvalue weighted by molar-refractivity contribution is 5.75. The number of anilines is 1. The molecule has 1 N–H and O–H groups in total. The summed E-state index contributed by atoms with van der Waals surface area (Å²) in [6, 6.07) is 15.4. The number of benzene rings is 2. The summed E-state index contributed by atoms with van der Waals surface area (Å²) < 4.78 is 0. The summed E-state index contributed by atoms with van der Waals surface area (Å²) >= 11 is 0. The van der Waals surface area contributed by atoms with Gasteiger partial charge >= 0.3 is 0 Å². The summed E-state index contributed by atoms with van der Waals surface area (Å²) in [6.45, 7) is 0.846. The Hall–Kier alpha value is -3.40. The molecule has 0 spiro atoms. The molecule has 2 aromatic carbocycles. The molecule has 1 fully saturated rings. The molecule has 7 heteroatoms. The van der Waals surface area contributed by atoms with Crippen LogP contribution in [-0.4, -0.2) is 27.5 Å². The number of hydrogen-bond acceptors (Lipinski definition) is 5. The lowest BCUT2D eigenvalue weighted by Gasteiger charge is -2.46. The number of rotatable bonds is 2. The van der Waals surface area contributed by atoms with Crippen LogP contribution in [0.2, 0.25) is 0 Å². The van der Waals surface area contributed by atoms with E-state index in [0.717, 1.165) is 54.5 Å². The van der Waals surface area contributed by atoms with Gasteiger partial charge in [-0.3, -0.25) is 10.1 Å². The number of nitrogens with one attached hydrogen (secondary N) is 1. The van der Waals surface area contributed by atoms with Crippen LogP contribution in [-0.2, 0) is 11.8 Å². The van der Waals surface area contributed by atoms with Crippen LogP contribution >= 0.6 is 0 Å². The monoisotopic (exact) mass is 387 g/mol. The molecule has 3 heterocycles. The van der Waals surface area contributed by atoms with Crippen molar-refractivity contribution in [1.29, 1.82) is 5.26 Å². The molecule has 5 rings (SSSR count). The number of para-hydroxylation sites is 2. The standard InChI is InChI=1S/C22H21N5O2/c23-14-22(21-24-17-6-3-4-7-18(17)25-21)13-15-12-16(27(28)29)9-10-19(15)26-11-5-1-2-8-20(22)26/h3-4,6-7,9-10,12,20H,1-2,5,8,11,13H2,(H,24,25)/t20-,22+/m1/s1. The Kier molecular flexibility index (Phi) is 4.02. The second-order valence-corrected chi connectivity index (χ2v) is 7.99. The topological polar surface area (TPSA) is 98.8 Å². The quantitative estimate of drug-likeness (QED) is 0.524. The third kappa shape index (κ3) is 2.67. The van der Waals surface area contributed by atoms with Crippen LogP contribution in [0.1, 0.15) is 37.1 Å². The van der Waals surface area contributed by atoms with Gasteiger partial charge in [-0.15, -0.1) is 0 Å². The Morgan fingerprint density at radius 2 is 2.10 bits per heavy atom. The van der Waals surface area contributed by atoms with E-state index in [4.69, 9.17) is 4.98 Å². The lowest BCUT2D eigenvalue weighted by Crippen LogP contribution is -2.55. The average molecular weight is 387 g/mol. The van der Waals surface area contributed by atoms with Crippen molar-refractivity contribution in [3.05, 3.63) is 64.0 Å². The summed E-state index contributed by atoms with van der Waals surface area (Å²) in [5, 5.41) is 21.8. The third-order valence-corrected chi connectivity index (χ3v) is 6.39. The largest absolute Gasteiger partial charge is 0.366 e. The smallest absolute Gasteiger partial charge is 0.269 e. The van der Waals surface area contributed by atoms with Crippen LogP contribution in [0.3, 0.4) is 0 Å². The van der Waals surface area contributed by atoms with E-state index in [9.17, 15) is 15.4 Å². The van der Waals surface area contributed by atoms with Crippen molar-refractivity contribution in [3.8, 4) is 6.07 Å². The van der Waals surface area contributed by atoms with E-state index in [2.05, 4.69) is 16.0 Å². The maximum absolute atomic E-state index is 11.4. The highest BCUT2D eigenvalue weighted by Crippen LogP contribution is 2.46. The van der Waals surface area contributed by atoms with Crippen LogP contribution in [0.5, 0.6) is 0 Å². The average Bonchev–Trinajstić information content (AvgIpc) is 3.02. The maximum atomic E-state index is 11.4. The van der Waals surface area contributed by atoms with Crippen molar-refractivity contribution in [3.63, 3.8) is 0 Å². The van der Waals surface area contributed by atoms with Crippen molar-refractivity contribution in [2.75, 3.05) is 11.4 Å². The van der Waals surface area contributed by atoms with Gasteiger partial charge in [-0.05, 0) is 36.6 Å². The molecule has 7 nitrogen and oxygen atoms in total. The van der Waals surface area contributed by atoms with Gasteiger partial charge in [0.25, 0.3) is 5.69 Å². The number of aromatic amines is 1. The lowest BCUT2D eigenvalue weighted by molar-refractivity contribution is -0.384. The Bertz CT molecular complexity index is 1110. The zero-order valence-electron chi connectivity index (χ0n) is 16.0. The zero-order valence-corrected chi connectivity index (χ0v) is 16.0. The van der Waals surface area contributed by atoms with Gasteiger partial charge < -0.3 is 9.88 Å². The van der Waals surface area contributed by atoms with E-state index in [-0.39, 0.29) is 16.7 Å². The number of hydrogen-bond donors (Lipinski definition) is 1. The van der Waals surface area contributed by atoms with Crippen molar-refractivity contribution < 1.29 is 4.92 Å². The molecule has 0 amide bonds. The van der Waals surface area contributed by atoms with Gasteiger partial charge in [-0.1, -0.05) is 25.0 Å². The lowest BCUT2D eigenvalue weighted by atomic mass is 9.70. The Balaban J connectivity index is 1.72. The van der Waals surface area contributed by atoms with E-state index in [1.807, 2.05) is 30.3 Å². The van der Waals surface area contributed by atoms with E-state index in [0.29, 0.717) is 12.2 Å². The molecule has 29 heavy (non-hydrogen) atoms. The number of nitro groups is 1. The fraction of sp³-hybridized carbons (Fsp3) is 0.364. The van der Waals surface area contributed by atoms with Gasteiger partial charge in [0.15, 0.2) is 0 Å². The van der Waals surface area contributed by atoms with Crippen LogP contribution in [0.4, 0.5) is 11.4 Å². The highest BCUT2D eigenvalue weighted by atomic mass is 16.6. The Morgan fingerprint density at radius 3 is 2.90 bits per heavy atom. The first-order valence-electron chi connectivity index (χ1n) is 10.0. The van der Waals surface area contributed by atoms with E-state index >= 15 is 0 Å². The van der Waals surface area contributed by atoms with Gasteiger partial charge in [0.05, 0.1) is 28.1 Å². The minimum atomic E-state index is -0.869. The molecule has 0 unspecified atom stereocenters. The fourth-order valence-corrected chi connectivity index (χ4v) is 5.01. The molecular formula is C22H21N5O2. The summed E-state index contributed by atoms with van der Waals surface area (Å²) in [5.41, 5.74) is 2.80. The van der Waals surface area contributed by atoms with Crippen LogP contribution in [0, 0.1) is 21.4 Å². The molecule has 146 valence electrons. The molecule has 2 aliphatic rings. The molecule has 0 bridgehead atoms. The van der Waals surface area contributed by atoms with Crippen LogP contribution in [0.15, 0.2) is 42.5 Å². The molecule has 1 saturated heterocycles. The van der Waals surface area contributed by atoms with Crippen molar-refractivity contribution in [1.82, 2.24) is 9.97 Å². The summed E-state index contributed by atoms with van der Waals surface area (Å²) in [4.78, 5) is 21.5. The second kappa shape index (κ2) is 6.59. The molecule has 3 aromatic rings. The van der Waals surface area contributed by atoms with Crippen LogP contribution < -0.4 is 4.90 Å². The number of fused-ring (bicyclic) bond motifs is 4. The van der Waals surface area contributed by atoms with Crippen molar-refractivity contribution in [2.45, 2.75) is 43.6 Å². The van der Waals surface area contributed by atoms with Gasteiger partial charge in [0.1, 0.15) is 11.2 Å². The highest BCUT2D eigenvalue weighted by Gasteiger charge is 2.50. The SMILES string of the molecule is N#C[C@@]1(c2nc3ccccc3[nH]2)Cc2cc([N+](=O)[O-])ccc2N2CCCCC[C@@H]21. The maximum Gasteiger partial charge on any atom is 0.269 e. The fourth-order valence-electron chi connectivity index (χ4n) is 5.01. The molecule has 0 aliphatic carbocycles. The van der Waals surface area contributed by atoms with E-state index < -0.39 is 5.41 Å². The molecule has 1 aromatic heterocycles. The minimum Gasteiger partial charge on any atom is -0.366 e. The first-order chi connectivity index (χ1) is 14.1. The Morgan fingerprint density at radius 1 is 1.24 bits per heavy atom. The number of H-pyrrole nitrogens is 1. The number of nitro benzene ring substituents is 1. The molecule has 0 saturated carbocycles. The summed E-state index contributed by atoms with van der Waals surface area (Å²) in [5.74, 6) is 0.662. The van der Waals surface area contributed by atoms with Gasteiger partial charge in [0, 0.05) is 30.8 Å². The summed E-state index contributed by atoms with van der Waals surface area (Å²) in [6.07, 6.45) is 4.56. The first kappa shape index (κ1) is 17.7. The molecule has 2 aliphatic heterocycles. The molecular weight excluding hydrogens is 366 g/mol. The van der Waals surface area contributed by atoms with E-state index in [1.165, 1.54) is 0 Å². The molecule has 0 radical (unpaired) electrons. The van der Waals surface area contributed by atoms with Gasteiger partial charge in [0.2, 0.25) is 0 Å². The van der Waals surface area contributed by atoms with Crippen molar-refractivity contribution in [2.24, 2.45) is 0 Å². The second-order valence-electron chi connectivity index (χ2n) is 7.99. The predicted molar refractivity (Wildman–Crippen MR) is 110 cm³/mol. The number of nitrogens with zero attached hydrogens (tertiary/aromatic N) is 4. The number of nitriles is 1. The van der Waals surface area contributed by atoms with Crippen molar-refractivity contribution >= 4 is 22.4 Å². The minimum absolute atomic E-state index is 0.00971. The predicted octanol–water partition coefficient (Wildman–Crippen LogP) is 4.24. The number of aromatic nitrogens is 2. The third-order valence-electron chi connectivity index (χ3n) is 6.39. The zero-order chi connectivity index (χ0) is 20.0. The van der Waals surface area contributed by atoms with Gasteiger partial charge in [-0.25, -0.2) is 4.98 Å². The van der Waals surface area contributed by atoms with Crippen LogP contribution in [0.25, 0.3) is 11.0 Å². The Labute approximate surface area is 168 Å². The van der Waals surface area contributed by atoms with E-state index in [1.54, 1.807) is 12.1 Å². The summed E-state index contributed by atoms with van der Waals surface area (Å²) in [7, 11) is 0. The number of non-ortho nitro benzene ring substituents is 1. The normalized spacial score (nSPS) is 23.7. The van der Waals surface area contributed by atoms with Gasteiger partial charge in [-0.2, -0.15) is 5.26 Å². The first-order valence-corrected chi connectivity index (χ1v) is 10.0.